The average molecular weight is 395 g/mol. The summed E-state index contributed by atoms with van der Waals surface area (Å²) in [4.78, 5) is 13.5. The maximum absolute atomic E-state index is 10.2. The molecule has 0 amide bonds. The van der Waals surface area contributed by atoms with Crippen LogP contribution in [0.15, 0.2) is 36.5 Å². The highest BCUT2D eigenvalue weighted by Crippen LogP contribution is 2.30. The number of pyridine rings is 1. The number of aromatic nitrogens is 4. The molecule has 1 saturated carbocycles. The van der Waals surface area contributed by atoms with Crippen LogP contribution in [0, 0.1) is 0 Å². The molecule has 0 bridgehead atoms. The summed E-state index contributed by atoms with van der Waals surface area (Å²) in [6.07, 6.45) is 5.57. The Bertz CT molecular complexity index is 1140. The second-order valence-corrected chi connectivity index (χ2v) is 8.36. The molecule has 144 valence electrons. The van der Waals surface area contributed by atoms with E-state index in [0.717, 1.165) is 57.8 Å². The zero-order valence-corrected chi connectivity index (χ0v) is 16.2. The lowest BCUT2D eigenvalue weighted by Crippen LogP contribution is -2.36. The van der Waals surface area contributed by atoms with Gasteiger partial charge in [0.15, 0.2) is 10.8 Å². The highest BCUT2D eigenvalue weighted by atomic mass is 32.1. The first kappa shape index (κ1) is 17.4. The monoisotopic (exact) mass is 394 g/mol. The summed E-state index contributed by atoms with van der Waals surface area (Å²) in [5.41, 5.74) is 9.78. The van der Waals surface area contributed by atoms with Crippen LogP contribution in [-0.4, -0.2) is 36.8 Å². The summed E-state index contributed by atoms with van der Waals surface area (Å²) < 4.78 is 3.04. The molecule has 5 rings (SSSR count). The fraction of sp³-hybridized carbons (Fsp3) is 0.350. The molecule has 1 aromatic carbocycles. The summed E-state index contributed by atoms with van der Waals surface area (Å²) in [6, 6.07) is 10.1. The first-order chi connectivity index (χ1) is 13.7. The minimum Gasteiger partial charge on any atom is -0.391 e. The topological polar surface area (TPSA) is 102 Å². The van der Waals surface area contributed by atoms with Crippen molar-refractivity contribution in [1.82, 2.24) is 19.5 Å². The van der Waals surface area contributed by atoms with Gasteiger partial charge in [-0.3, -0.25) is 4.57 Å². The Balaban J connectivity index is 1.41. The average Bonchev–Trinajstić information content (AvgIpc) is 3.24. The van der Waals surface area contributed by atoms with E-state index in [1.165, 1.54) is 0 Å². The molecule has 7 nitrogen and oxygen atoms in total. The van der Waals surface area contributed by atoms with E-state index < -0.39 is 0 Å². The number of imidazole rings is 1. The number of fused-ring (bicyclic) bond motifs is 2. The molecule has 28 heavy (non-hydrogen) atoms. The van der Waals surface area contributed by atoms with Gasteiger partial charge in [-0.25, -0.2) is 15.0 Å². The van der Waals surface area contributed by atoms with Crippen LogP contribution in [0.2, 0.25) is 0 Å². The van der Waals surface area contributed by atoms with Gasteiger partial charge < -0.3 is 16.2 Å². The van der Waals surface area contributed by atoms with Gasteiger partial charge in [-0.1, -0.05) is 30.2 Å². The number of rotatable bonds is 4. The summed E-state index contributed by atoms with van der Waals surface area (Å²) in [5.74, 6) is 0.465. The number of benzene rings is 1. The molecule has 0 saturated heterocycles. The molecule has 0 aliphatic heterocycles. The van der Waals surface area contributed by atoms with E-state index in [2.05, 4.69) is 32.4 Å². The molecule has 0 unspecified atom stereocenters. The Morgan fingerprint density at radius 2 is 2.07 bits per heavy atom. The Labute approximate surface area is 166 Å². The van der Waals surface area contributed by atoms with E-state index in [1.807, 2.05) is 22.8 Å². The molecule has 1 aliphatic carbocycles. The number of hydrogen-bond donors (Lipinski definition) is 3. The lowest BCUT2D eigenvalue weighted by atomic mass is 9.93. The summed E-state index contributed by atoms with van der Waals surface area (Å²) >= 11 is 1.62. The second-order valence-electron chi connectivity index (χ2n) is 7.33. The van der Waals surface area contributed by atoms with Gasteiger partial charge in [0.1, 0.15) is 5.52 Å². The maximum atomic E-state index is 10.2. The largest absolute Gasteiger partial charge is 0.391 e. The van der Waals surface area contributed by atoms with Gasteiger partial charge in [-0.2, -0.15) is 0 Å². The summed E-state index contributed by atoms with van der Waals surface area (Å²) in [5, 5.41) is 14.5. The van der Waals surface area contributed by atoms with E-state index >= 15 is 0 Å². The van der Waals surface area contributed by atoms with Crippen LogP contribution >= 0.6 is 11.3 Å². The lowest BCUT2D eigenvalue weighted by Gasteiger charge is -2.27. The Hall–Kier alpha value is -2.71. The van der Waals surface area contributed by atoms with Crippen LogP contribution in [0.5, 0.6) is 0 Å². The smallest absolute Gasteiger partial charge is 0.202 e. The molecule has 3 heterocycles. The fourth-order valence-electron chi connectivity index (χ4n) is 3.88. The van der Waals surface area contributed by atoms with Crippen molar-refractivity contribution in [2.45, 2.75) is 44.4 Å². The maximum Gasteiger partial charge on any atom is 0.202 e. The summed E-state index contributed by atoms with van der Waals surface area (Å²) in [7, 11) is 0. The molecule has 3 aromatic heterocycles. The van der Waals surface area contributed by atoms with E-state index in [-0.39, 0.29) is 12.1 Å². The molecule has 1 fully saturated rings. The molecule has 0 spiro atoms. The van der Waals surface area contributed by atoms with Gasteiger partial charge in [0.25, 0.3) is 0 Å². The Morgan fingerprint density at radius 1 is 1.18 bits per heavy atom. The Kier molecular flexibility index (Phi) is 4.37. The molecule has 4 N–H and O–H groups in total. The van der Waals surface area contributed by atoms with Gasteiger partial charge in [0.05, 0.1) is 28.9 Å². The normalized spacial score (nSPS) is 20.0. The molecule has 0 radical (unpaired) electrons. The highest BCUT2D eigenvalue weighted by Gasteiger charge is 2.23. The van der Waals surface area contributed by atoms with E-state index in [1.54, 1.807) is 17.5 Å². The first-order valence-electron chi connectivity index (χ1n) is 9.58. The number of aliphatic hydroxyl groups is 1. The number of nitrogens with zero attached hydrogens (tertiary/aromatic N) is 4. The summed E-state index contributed by atoms with van der Waals surface area (Å²) in [6.45, 7) is 0.608. The predicted octanol–water partition coefficient (Wildman–Crippen LogP) is 3.39. The molecule has 1 aliphatic rings. The van der Waals surface area contributed by atoms with Crippen molar-refractivity contribution < 1.29 is 5.11 Å². The molecule has 8 heteroatoms. The van der Waals surface area contributed by atoms with Crippen molar-refractivity contribution >= 4 is 43.8 Å². The van der Waals surface area contributed by atoms with Crippen molar-refractivity contribution in [3.05, 3.63) is 42.1 Å². The van der Waals surface area contributed by atoms with Crippen LogP contribution in [0.4, 0.5) is 11.1 Å². The lowest BCUT2D eigenvalue weighted by molar-refractivity contribution is 0.116. The zero-order chi connectivity index (χ0) is 19.1. The van der Waals surface area contributed by atoms with Crippen molar-refractivity contribution in [3.8, 4) is 0 Å². The Morgan fingerprint density at radius 3 is 2.96 bits per heavy atom. The number of aliphatic hydroxyl groups excluding tert-OH is 1. The number of nitrogen functional groups attached to an aromatic ring is 1. The van der Waals surface area contributed by atoms with E-state index in [0.29, 0.717) is 12.5 Å². The quantitative estimate of drug-likeness (QED) is 0.490. The second kappa shape index (κ2) is 7.03. The third kappa shape index (κ3) is 3.18. The van der Waals surface area contributed by atoms with Crippen LogP contribution in [0.1, 0.15) is 31.2 Å². The molecule has 4 aromatic rings. The minimum atomic E-state index is -0.290. The number of thiazole rings is 1. The SMILES string of the molecule is Nc1nc2cccnc2n1Cc1ccc2nc(N[C@@H]3CCCC[C@H]3O)sc2c1. The number of nitrogens with one attached hydrogen (secondary N) is 1. The number of hydrogen-bond acceptors (Lipinski definition) is 7. The highest BCUT2D eigenvalue weighted by molar-refractivity contribution is 7.22. The first-order valence-corrected chi connectivity index (χ1v) is 10.4. The van der Waals surface area contributed by atoms with Crippen molar-refractivity contribution in [1.29, 1.82) is 0 Å². The van der Waals surface area contributed by atoms with Gasteiger partial charge in [0, 0.05) is 6.20 Å². The van der Waals surface area contributed by atoms with Gasteiger partial charge in [-0.15, -0.1) is 0 Å². The van der Waals surface area contributed by atoms with Crippen LogP contribution in [-0.2, 0) is 6.54 Å². The molecular formula is C20H22N6OS. The number of nitrogens with two attached hydrogens (primary N) is 1. The van der Waals surface area contributed by atoms with Crippen molar-refractivity contribution in [3.63, 3.8) is 0 Å². The van der Waals surface area contributed by atoms with Crippen LogP contribution in [0.3, 0.4) is 0 Å². The third-order valence-electron chi connectivity index (χ3n) is 5.37. The minimum absolute atomic E-state index is 0.0944. The predicted molar refractivity (Wildman–Crippen MR) is 113 cm³/mol. The van der Waals surface area contributed by atoms with Crippen LogP contribution < -0.4 is 11.1 Å². The fourth-order valence-corrected chi connectivity index (χ4v) is 4.87. The standard InChI is InChI=1S/C20H22N6OS/c21-19-23-15-5-3-9-22-18(15)26(19)11-12-7-8-14-17(10-12)28-20(25-14)24-13-4-1-2-6-16(13)27/h3,5,7-10,13,16,27H,1-2,4,6,11H2,(H2,21,23)(H,24,25)/t13-,16-/m1/s1. The zero-order valence-electron chi connectivity index (χ0n) is 15.4. The van der Waals surface area contributed by atoms with Crippen molar-refractivity contribution in [2.75, 3.05) is 11.1 Å². The van der Waals surface area contributed by atoms with Gasteiger partial charge in [0.2, 0.25) is 5.95 Å². The van der Waals surface area contributed by atoms with E-state index in [4.69, 9.17) is 5.73 Å². The van der Waals surface area contributed by atoms with Crippen LogP contribution in [0.25, 0.3) is 21.4 Å². The van der Waals surface area contributed by atoms with Gasteiger partial charge >= 0.3 is 0 Å². The van der Waals surface area contributed by atoms with Crippen molar-refractivity contribution in [2.24, 2.45) is 0 Å². The molecular weight excluding hydrogens is 372 g/mol. The third-order valence-corrected chi connectivity index (χ3v) is 6.31. The van der Waals surface area contributed by atoms with Gasteiger partial charge in [-0.05, 0) is 42.7 Å². The molecule has 2 atom stereocenters. The van der Waals surface area contributed by atoms with E-state index in [9.17, 15) is 5.11 Å². The number of anilines is 2.